The lowest BCUT2D eigenvalue weighted by Gasteiger charge is -2.20. The maximum atomic E-state index is 12.6. The number of anilines is 1. The summed E-state index contributed by atoms with van der Waals surface area (Å²) >= 11 is 0. The van der Waals surface area contributed by atoms with Crippen LogP contribution in [0.1, 0.15) is 36.8 Å². The number of hydrogen-bond acceptors (Lipinski definition) is 5. The summed E-state index contributed by atoms with van der Waals surface area (Å²) in [5.74, 6) is -0.143. The molecule has 1 aliphatic rings. The van der Waals surface area contributed by atoms with Gasteiger partial charge in [-0.25, -0.2) is 12.7 Å². The van der Waals surface area contributed by atoms with E-state index in [4.69, 9.17) is 0 Å². The molecule has 0 spiro atoms. The number of fused-ring (bicyclic) bond motifs is 1. The Morgan fingerprint density at radius 2 is 1.83 bits per heavy atom. The van der Waals surface area contributed by atoms with Crippen molar-refractivity contribution in [1.29, 1.82) is 0 Å². The number of nitrogens with one attached hydrogen (secondary N) is 1. The highest BCUT2D eigenvalue weighted by Gasteiger charge is 2.22. The van der Waals surface area contributed by atoms with Gasteiger partial charge in [0, 0.05) is 37.8 Å². The van der Waals surface area contributed by atoms with Crippen LogP contribution in [0, 0.1) is 10.1 Å². The van der Waals surface area contributed by atoms with Gasteiger partial charge in [-0.3, -0.25) is 14.9 Å². The lowest BCUT2D eigenvalue weighted by molar-refractivity contribution is -0.384. The molecule has 0 radical (unpaired) electrons. The standard InChI is InChI=1S/C21H25N3O5S/c1-23(30(28,29)18-13-11-17(12-14-18)24(26)27)15-5-10-21(25)22-20-9-4-7-16-6-2-3-8-19(16)20/h4,7,9,11-14H,2-3,5-6,8,10,15H2,1H3,(H,22,25). The minimum Gasteiger partial charge on any atom is -0.326 e. The van der Waals surface area contributed by atoms with E-state index in [1.165, 1.54) is 36.7 Å². The Kier molecular flexibility index (Phi) is 6.84. The number of carbonyl (C=O) groups excluding carboxylic acids is 1. The fourth-order valence-corrected chi connectivity index (χ4v) is 4.82. The number of amides is 1. The van der Waals surface area contributed by atoms with E-state index in [-0.39, 0.29) is 29.5 Å². The number of non-ortho nitro benzene ring substituents is 1. The molecule has 0 atom stereocenters. The quantitative estimate of drug-likeness (QED) is 0.508. The number of nitro groups is 1. The van der Waals surface area contributed by atoms with Crippen LogP contribution >= 0.6 is 0 Å². The van der Waals surface area contributed by atoms with Crippen LogP contribution in [-0.4, -0.2) is 37.1 Å². The van der Waals surface area contributed by atoms with Crippen LogP contribution in [0.4, 0.5) is 11.4 Å². The Labute approximate surface area is 176 Å². The SMILES string of the molecule is CN(CCCC(=O)Nc1cccc2c1CCCC2)S(=O)(=O)c1ccc([N+](=O)[O-])cc1. The summed E-state index contributed by atoms with van der Waals surface area (Å²) in [5, 5.41) is 13.7. The Morgan fingerprint density at radius 3 is 2.53 bits per heavy atom. The van der Waals surface area contributed by atoms with Crippen molar-refractivity contribution >= 4 is 27.3 Å². The van der Waals surface area contributed by atoms with Gasteiger partial charge in [-0.1, -0.05) is 12.1 Å². The summed E-state index contributed by atoms with van der Waals surface area (Å²) in [6, 6.07) is 10.7. The van der Waals surface area contributed by atoms with Gasteiger partial charge in [0.15, 0.2) is 0 Å². The lowest BCUT2D eigenvalue weighted by Crippen LogP contribution is -2.28. The molecule has 30 heavy (non-hydrogen) atoms. The number of nitrogens with zero attached hydrogens (tertiary/aromatic N) is 2. The first-order valence-corrected chi connectivity index (χ1v) is 11.3. The third-order valence-electron chi connectivity index (χ3n) is 5.30. The zero-order valence-corrected chi connectivity index (χ0v) is 17.7. The molecule has 0 unspecified atom stereocenters. The zero-order valence-electron chi connectivity index (χ0n) is 16.8. The van der Waals surface area contributed by atoms with Gasteiger partial charge in [-0.05, 0) is 61.4 Å². The van der Waals surface area contributed by atoms with E-state index in [1.807, 2.05) is 12.1 Å². The molecular formula is C21H25N3O5S. The van der Waals surface area contributed by atoms with Gasteiger partial charge in [0.05, 0.1) is 9.82 Å². The number of sulfonamides is 1. The molecule has 2 aromatic rings. The van der Waals surface area contributed by atoms with E-state index in [1.54, 1.807) is 0 Å². The molecule has 8 nitrogen and oxygen atoms in total. The van der Waals surface area contributed by atoms with Crippen molar-refractivity contribution in [2.24, 2.45) is 0 Å². The zero-order chi connectivity index (χ0) is 21.7. The fourth-order valence-electron chi connectivity index (χ4n) is 3.61. The number of carbonyl (C=O) groups is 1. The van der Waals surface area contributed by atoms with Crippen LogP contribution in [-0.2, 0) is 27.7 Å². The van der Waals surface area contributed by atoms with Crippen LogP contribution in [0.3, 0.4) is 0 Å². The van der Waals surface area contributed by atoms with Gasteiger partial charge >= 0.3 is 0 Å². The topological polar surface area (TPSA) is 110 Å². The molecule has 0 aromatic heterocycles. The highest BCUT2D eigenvalue weighted by molar-refractivity contribution is 7.89. The second-order valence-corrected chi connectivity index (χ2v) is 9.42. The smallest absolute Gasteiger partial charge is 0.269 e. The molecule has 0 heterocycles. The van der Waals surface area contributed by atoms with Crippen molar-refractivity contribution in [2.45, 2.75) is 43.4 Å². The Morgan fingerprint density at radius 1 is 1.13 bits per heavy atom. The summed E-state index contributed by atoms with van der Waals surface area (Å²) in [7, 11) is -2.34. The van der Waals surface area contributed by atoms with Gasteiger partial charge in [-0.15, -0.1) is 0 Å². The summed E-state index contributed by atoms with van der Waals surface area (Å²) in [5.41, 5.74) is 3.17. The number of nitro benzene ring substituents is 1. The molecule has 1 N–H and O–H groups in total. The van der Waals surface area contributed by atoms with Gasteiger partial charge in [0.2, 0.25) is 15.9 Å². The van der Waals surface area contributed by atoms with E-state index in [0.29, 0.717) is 6.42 Å². The Bertz CT molecular complexity index is 1040. The number of rotatable bonds is 8. The van der Waals surface area contributed by atoms with Crippen molar-refractivity contribution in [1.82, 2.24) is 4.31 Å². The number of hydrogen-bond donors (Lipinski definition) is 1. The largest absolute Gasteiger partial charge is 0.326 e. The number of aryl methyl sites for hydroxylation is 1. The normalized spacial score (nSPS) is 13.7. The van der Waals surface area contributed by atoms with E-state index >= 15 is 0 Å². The highest BCUT2D eigenvalue weighted by Crippen LogP contribution is 2.28. The summed E-state index contributed by atoms with van der Waals surface area (Å²) in [6.45, 7) is 0.166. The lowest BCUT2D eigenvalue weighted by atomic mass is 9.90. The predicted octanol–water partition coefficient (Wildman–Crippen LogP) is 3.51. The second kappa shape index (κ2) is 9.36. The predicted molar refractivity (Wildman–Crippen MR) is 114 cm³/mol. The third kappa shape index (κ3) is 5.03. The van der Waals surface area contributed by atoms with Crippen LogP contribution in [0.2, 0.25) is 0 Å². The van der Waals surface area contributed by atoms with Crippen molar-refractivity contribution < 1.29 is 18.1 Å². The average Bonchev–Trinajstić information content (AvgIpc) is 2.74. The first-order chi connectivity index (χ1) is 14.3. The van der Waals surface area contributed by atoms with Gasteiger partial charge in [0.1, 0.15) is 0 Å². The number of benzene rings is 2. The minimum atomic E-state index is -3.77. The van der Waals surface area contributed by atoms with E-state index in [9.17, 15) is 23.3 Å². The first kappa shape index (κ1) is 21.9. The van der Waals surface area contributed by atoms with Crippen LogP contribution < -0.4 is 5.32 Å². The maximum absolute atomic E-state index is 12.6. The second-order valence-electron chi connectivity index (χ2n) is 7.38. The minimum absolute atomic E-state index is 0.0176. The van der Waals surface area contributed by atoms with Crippen molar-refractivity contribution in [3.05, 3.63) is 63.7 Å². The van der Waals surface area contributed by atoms with Crippen molar-refractivity contribution in [3.8, 4) is 0 Å². The molecule has 9 heteroatoms. The molecule has 0 saturated heterocycles. The summed E-state index contributed by atoms with van der Waals surface area (Å²) in [4.78, 5) is 22.5. The van der Waals surface area contributed by atoms with E-state index < -0.39 is 14.9 Å². The molecule has 160 valence electrons. The molecule has 0 bridgehead atoms. The van der Waals surface area contributed by atoms with E-state index in [0.717, 1.165) is 41.4 Å². The highest BCUT2D eigenvalue weighted by atomic mass is 32.2. The molecule has 0 saturated carbocycles. The monoisotopic (exact) mass is 431 g/mol. The first-order valence-electron chi connectivity index (χ1n) is 9.90. The van der Waals surface area contributed by atoms with Gasteiger partial charge in [-0.2, -0.15) is 0 Å². The van der Waals surface area contributed by atoms with Crippen LogP contribution in [0.25, 0.3) is 0 Å². The molecule has 1 amide bonds. The Balaban J connectivity index is 1.54. The maximum Gasteiger partial charge on any atom is 0.269 e. The van der Waals surface area contributed by atoms with Gasteiger partial charge < -0.3 is 5.32 Å². The van der Waals surface area contributed by atoms with Crippen LogP contribution in [0.15, 0.2) is 47.4 Å². The molecule has 3 rings (SSSR count). The molecule has 0 fully saturated rings. The van der Waals surface area contributed by atoms with Crippen molar-refractivity contribution in [3.63, 3.8) is 0 Å². The molecule has 1 aliphatic carbocycles. The van der Waals surface area contributed by atoms with Crippen molar-refractivity contribution in [2.75, 3.05) is 18.9 Å². The van der Waals surface area contributed by atoms with E-state index in [2.05, 4.69) is 11.4 Å². The molecule has 2 aromatic carbocycles. The van der Waals surface area contributed by atoms with Crippen LogP contribution in [0.5, 0.6) is 0 Å². The Hall–Kier alpha value is -2.78. The summed E-state index contributed by atoms with van der Waals surface area (Å²) < 4.78 is 26.4. The fraction of sp³-hybridized carbons (Fsp3) is 0.381. The van der Waals surface area contributed by atoms with Gasteiger partial charge in [0.25, 0.3) is 5.69 Å². The molecular weight excluding hydrogens is 406 g/mol. The average molecular weight is 432 g/mol. The molecule has 0 aliphatic heterocycles. The summed E-state index contributed by atoms with van der Waals surface area (Å²) in [6.07, 6.45) is 4.84. The third-order valence-corrected chi connectivity index (χ3v) is 7.17.